The van der Waals surface area contributed by atoms with Gasteiger partial charge in [-0.1, -0.05) is 141 Å². The van der Waals surface area contributed by atoms with Crippen LogP contribution in [0.1, 0.15) is 163 Å². The molecular weight excluding hydrogens is 1950 g/mol. The van der Waals surface area contributed by atoms with Crippen molar-refractivity contribution < 1.29 is 122 Å². The molecule has 7 saturated heterocycles. The van der Waals surface area contributed by atoms with E-state index in [1.807, 2.05) is 53.7 Å². The lowest BCUT2D eigenvalue weighted by atomic mass is 9.93. The fraction of sp³-hybridized carbons (Fsp3) is 0.611. The Morgan fingerprint density at radius 1 is 0.421 bits per heavy atom. The molecule has 32 nitrogen and oxygen atoms in total. The van der Waals surface area contributed by atoms with E-state index < -0.39 is 97.2 Å². The molecule has 742 valence electrons. The van der Waals surface area contributed by atoms with Crippen LogP contribution in [-0.4, -0.2) is 228 Å². The van der Waals surface area contributed by atoms with Crippen LogP contribution in [0.4, 0.5) is 16.2 Å². The van der Waals surface area contributed by atoms with Crippen molar-refractivity contribution in [2.75, 3.05) is 134 Å². The third-order valence-corrected chi connectivity index (χ3v) is 36.6. The highest BCUT2D eigenvalue weighted by Crippen LogP contribution is 2.49. The van der Waals surface area contributed by atoms with Gasteiger partial charge in [0.25, 0.3) is 10.1 Å². The summed E-state index contributed by atoms with van der Waals surface area (Å²) in [5.41, 5.74) is 0.930. The number of amides is 2. The van der Waals surface area contributed by atoms with Gasteiger partial charge in [-0.05, 0) is 123 Å². The number of fused-ring (bicyclic) bond motifs is 3. The van der Waals surface area contributed by atoms with Crippen molar-refractivity contribution in [3.63, 3.8) is 0 Å². The van der Waals surface area contributed by atoms with Gasteiger partial charge in [0.2, 0.25) is 23.6 Å². The van der Waals surface area contributed by atoms with Crippen molar-refractivity contribution in [2.45, 2.75) is 206 Å². The Morgan fingerprint density at radius 2 is 0.744 bits per heavy atom. The number of carbonyl (C=O) groups excluding carboxylic acids is 2. The number of sulfone groups is 4. The number of nitrogens with zero attached hydrogens (tertiary/aromatic N) is 3. The van der Waals surface area contributed by atoms with Crippen molar-refractivity contribution >= 4 is 176 Å². The number of thioether (sulfide) groups is 1. The lowest BCUT2D eigenvalue weighted by molar-refractivity contribution is -0.123. The molecule has 0 saturated carbocycles. The number of hydrogen-bond donors (Lipinski definition) is 5. The number of phenolic OH excluding ortho intramolecular Hbond substituents is 2. The molecule has 15 rings (SSSR count). The van der Waals surface area contributed by atoms with Gasteiger partial charge in [-0.15, -0.1) is 11.8 Å². The SMILES string of the molecule is CC(C)(C)C(=O)Nc1ccc(Cl)c(S(=O)(=O)C(C)(C)C2COC2)c1O.CC(C)(C)OC(=O)Nc1ccc(Cl)c(S(=O)(=O)C(C)(C)C2COC2)c1O.CC(C)(C)c1nc2ccc(Cl)c(S(=O)(=O)C(C)(C)C3COC3)c2o1.CC(C)(C)c1nc2ccc(Cl)c(S(=O)(=O)CC3COC3)c2o1.CC(C)(C)c1nc2ccc(Cl)c(SCC3COC3)c2o1.CS(=O)(=O)OCC1COC1.OCC1COC1. The Kier molecular flexibility index (Phi) is 35.8. The number of aliphatic hydroxyl groups is 1. The summed E-state index contributed by atoms with van der Waals surface area (Å²) < 4.78 is 185. The largest absolute Gasteiger partial charge is 0.504 e. The Balaban J connectivity index is 0.000000179. The molecule has 7 fully saturated rings. The molecule has 8 aromatic rings. The number of hydrogen-bond acceptors (Lipinski definition) is 31. The van der Waals surface area contributed by atoms with Gasteiger partial charge in [-0.2, -0.15) is 8.42 Å². The number of aliphatic hydroxyl groups excluding tert-OH is 1. The molecule has 3 aromatic heterocycles. The predicted molar refractivity (Wildman–Crippen MR) is 512 cm³/mol. The first-order valence-corrected chi connectivity index (χ1v) is 53.7. The molecular formula is C90H124Cl5N5O27S6. The molecule has 5 aromatic carbocycles. The number of aromatic hydroxyl groups is 2. The Hall–Kier alpha value is -5.96. The monoisotopic (exact) mass is 2070 g/mol. The van der Waals surface area contributed by atoms with Crippen LogP contribution in [0.2, 0.25) is 25.1 Å². The van der Waals surface area contributed by atoms with Gasteiger partial charge >= 0.3 is 6.09 Å². The summed E-state index contributed by atoms with van der Waals surface area (Å²) in [5.74, 6) is 2.12. The summed E-state index contributed by atoms with van der Waals surface area (Å²) in [5, 5.41) is 35.2. The van der Waals surface area contributed by atoms with Gasteiger partial charge in [0, 0.05) is 68.8 Å². The highest BCUT2D eigenvalue weighted by molar-refractivity contribution is 7.99. The predicted octanol–water partition coefficient (Wildman–Crippen LogP) is 17.7. The minimum Gasteiger partial charge on any atom is -0.504 e. The highest BCUT2D eigenvalue weighted by atomic mass is 35.5. The molecule has 43 heteroatoms. The summed E-state index contributed by atoms with van der Waals surface area (Å²) in [7, 11) is -18.5. The lowest BCUT2D eigenvalue weighted by Crippen LogP contribution is -2.49. The molecule has 0 unspecified atom stereocenters. The van der Waals surface area contributed by atoms with Crippen LogP contribution in [0.15, 0.2) is 98.4 Å². The first kappa shape index (κ1) is 111. The topological polar surface area (TPSA) is 451 Å². The lowest BCUT2D eigenvalue weighted by Gasteiger charge is -2.39. The molecule has 133 heavy (non-hydrogen) atoms. The van der Waals surface area contributed by atoms with Crippen LogP contribution in [0.5, 0.6) is 11.5 Å². The van der Waals surface area contributed by atoms with Gasteiger partial charge in [-0.3, -0.25) is 14.3 Å². The second-order valence-corrected chi connectivity index (χ2v) is 54.3. The van der Waals surface area contributed by atoms with E-state index >= 15 is 0 Å². The van der Waals surface area contributed by atoms with Gasteiger partial charge in [0.05, 0.1) is 173 Å². The summed E-state index contributed by atoms with van der Waals surface area (Å²) >= 11 is 32.7. The quantitative estimate of drug-likeness (QED) is 0.0253. The molecule has 2 amide bonds. The molecule has 10 heterocycles. The standard InChI is InChI=1S/C17H24ClNO6S.C17H24ClNO5S.C17H22ClNO4S.C15H18ClNO4S.C15H18ClNO2S.C5H10O4S.C4H8O2/c1-16(2,3)25-15(21)19-12-7-6-11(18)14(13(12)20)26(22,23)17(4,5)10-8-24-9-10;1-16(2,3)15(21)19-12-7-6-11(18)14(13(12)20)25(22,23)17(4,5)10-8-24-9-10;1-16(2,3)15-19-12-7-6-11(18)14(13(12)23-15)24(20,21)17(4,5)10-8-22-9-10;1-15(2,3)14-17-11-5-4-10(16)13(12(11)21-14)22(18,19)8-9-6-20-7-9;1-15(2,3)14-17-11-5-4-10(16)13(12(11)19-14)20-8-9-6-18-7-9;1-10(6,7)9-4-5-2-8-3-5;5-1-4-2-6-3-4/h6-7,10,20H,8-9H2,1-5H3,(H,19,21);6-7,10,20H,8-9H2,1-5H3,(H,19,21);6-7,10H,8-9H2,1-5H3;4-5,9H,6-8H2,1-3H3;4-5,9H,6-8H2,1-3H3;5H,2-4H2,1H3;4-5H,1-3H2. The Labute approximate surface area is 808 Å². The van der Waals surface area contributed by atoms with E-state index in [1.54, 1.807) is 119 Å². The van der Waals surface area contributed by atoms with Crippen LogP contribution in [0.3, 0.4) is 0 Å². The number of oxazole rings is 3. The van der Waals surface area contributed by atoms with E-state index in [4.69, 9.17) is 114 Å². The number of nitrogens with one attached hydrogen (secondary N) is 2. The van der Waals surface area contributed by atoms with E-state index in [0.717, 1.165) is 65.3 Å². The van der Waals surface area contributed by atoms with E-state index in [2.05, 4.69) is 50.5 Å². The zero-order valence-electron chi connectivity index (χ0n) is 78.9. The zero-order chi connectivity index (χ0) is 99.5. The van der Waals surface area contributed by atoms with Crippen molar-refractivity contribution in [3.8, 4) is 11.5 Å². The first-order chi connectivity index (χ1) is 61.2. The van der Waals surface area contributed by atoms with E-state index in [0.29, 0.717) is 107 Å². The highest BCUT2D eigenvalue weighted by Gasteiger charge is 2.52. The molecule has 0 spiro atoms. The summed E-state index contributed by atoms with van der Waals surface area (Å²) in [4.78, 5) is 37.8. The smallest absolute Gasteiger partial charge is 0.412 e. The van der Waals surface area contributed by atoms with Gasteiger partial charge in [0.15, 0.2) is 67.6 Å². The maximum Gasteiger partial charge on any atom is 0.412 e. The molecule has 0 aliphatic carbocycles. The summed E-state index contributed by atoms with van der Waals surface area (Å²) in [6.45, 7) is 46.1. The van der Waals surface area contributed by atoms with Crippen LogP contribution in [-0.2, 0) is 113 Å². The van der Waals surface area contributed by atoms with E-state index in [-0.39, 0.29) is 121 Å². The third kappa shape index (κ3) is 26.8. The fourth-order valence-corrected chi connectivity index (χ4v) is 23.6. The maximum absolute atomic E-state index is 13.4. The van der Waals surface area contributed by atoms with Gasteiger partial charge in [-0.25, -0.2) is 53.4 Å². The third-order valence-electron chi connectivity index (χ3n) is 22.6. The average Bonchev–Trinajstić information content (AvgIpc) is 1.64. The number of rotatable bonds is 21. The molecule has 0 bridgehead atoms. The zero-order valence-corrected chi connectivity index (χ0v) is 87.5. The molecule has 0 radical (unpaired) electrons. The molecule has 5 N–H and O–H groups in total. The average molecular weight is 2080 g/mol. The van der Waals surface area contributed by atoms with Crippen LogP contribution >= 0.6 is 69.8 Å². The summed E-state index contributed by atoms with van der Waals surface area (Å²) in [6.07, 6.45) is 0.233. The van der Waals surface area contributed by atoms with E-state index in [9.17, 15) is 61.9 Å². The Morgan fingerprint density at radius 3 is 1.07 bits per heavy atom. The summed E-state index contributed by atoms with van der Waals surface area (Å²) in [6, 6.07) is 15.7. The molecule has 7 aliphatic rings. The number of ether oxygens (including phenoxy) is 8. The maximum atomic E-state index is 13.4. The fourth-order valence-electron chi connectivity index (χ4n) is 12.7. The second-order valence-electron chi connectivity index (χ2n) is 40.3. The minimum atomic E-state index is -4.01. The van der Waals surface area contributed by atoms with Gasteiger partial charge in [0.1, 0.15) is 41.7 Å². The number of carbonyl (C=O) groups is 2. The van der Waals surface area contributed by atoms with Crippen molar-refractivity contribution in [1.29, 1.82) is 0 Å². The number of benzene rings is 5. The van der Waals surface area contributed by atoms with Gasteiger partial charge < -0.3 is 71.8 Å². The minimum absolute atomic E-state index is 0.0113. The first-order valence-electron chi connectivity index (χ1n) is 42.9. The van der Waals surface area contributed by atoms with Crippen LogP contribution < -0.4 is 10.6 Å². The van der Waals surface area contributed by atoms with Crippen LogP contribution in [0.25, 0.3) is 33.3 Å². The van der Waals surface area contributed by atoms with Crippen molar-refractivity contribution in [1.82, 2.24) is 15.0 Å². The number of anilines is 2. The molecule has 0 atom stereocenters. The second kappa shape index (κ2) is 43.0. The van der Waals surface area contributed by atoms with Crippen molar-refractivity contribution in [2.24, 2.45) is 46.8 Å². The number of phenols is 2. The Bertz CT molecular complexity index is 6080. The molecule has 7 aliphatic heterocycles. The number of halogens is 5. The van der Waals surface area contributed by atoms with Crippen molar-refractivity contribution in [3.05, 3.63) is 103 Å². The van der Waals surface area contributed by atoms with E-state index in [1.165, 1.54) is 24.3 Å². The normalized spacial score (nSPS) is 17.2. The van der Waals surface area contributed by atoms with Crippen LogP contribution in [0, 0.1) is 46.8 Å². The number of aromatic nitrogens is 3.